The highest BCUT2D eigenvalue weighted by Crippen LogP contribution is 2.55. The number of fused-ring (bicyclic) bond motifs is 3. The van der Waals surface area contributed by atoms with Gasteiger partial charge in [-0.1, -0.05) is 0 Å². The number of methoxy groups -OCH3 is 1. The highest BCUT2D eigenvalue weighted by molar-refractivity contribution is 5.88. The van der Waals surface area contributed by atoms with Gasteiger partial charge in [-0.15, -0.1) is 0 Å². The Morgan fingerprint density at radius 3 is 2.55 bits per heavy atom. The molecule has 5 unspecified atom stereocenters. The number of rotatable bonds is 8. The fraction of sp³-hybridized carbons (Fsp3) is 0.630. The first-order valence-corrected chi connectivity index (χ1v) is 12.9. The van der Waals surface area contributed by atoms with Crippen molar-refractivity contribution in [2.45, 2.75) is 80.8 Å². The molecule has 5 rings (SSSR count). The molecule has 0 aromatic heterocycles. The molecule has 208 valence electrons. The van der Waals surface area contributed by atoms with Crippen molar-refractivity contribution in [2.24, 2.45) is 0 Å². The van der Waals surface area contributed by atoms with E-state index in [0.717, 1.165) is 43.5 Å². The predicted molar refractivity (Wildman–Crippen MR) is 132 cm³/mol. The number of aliphatic hydroxyl groups excluding tert-OH is 1. The summed E-state index contributed by atoms with van der Waals surface area (Å²) in [5.74, 6) is -1.88. The summed E-state index contributed by atoms with van der Waals surface area (Å²) in [6.07, 6.45) is 0.290. The molecule has 1 aromatic rings. The Bertz CT molecular complexity index is 1160. The average molecular weight is 534 g/mol. The van der Waals surface area contributed by atoms with Gasteiger partial charge in [0.15, 0.2) is 29.3 Å². The van der Waals surface area contributed by atoms with Crippen molar-refractivity contribution in [2.75, 3.05) is 27.0 Å². The Labute approximate surface area is 220 Å². The molecule has 11 nitrogen and oxygen atoms in total. The minimum atomic E-state index is -2.79. The normalized spacial score (nSPS) is 28.3. The van der Waals surface area contributed by atoms with E-state index in [1.165, 1.54) is 21.0 Å². The molecule has 0 amide bonds. The third-order valence-corrected chi connectivity index (χ3v) is 8.36. The second kappa shape index (κ2) is 9.41. The molecule has 4 N–H and O–H groups in total. The molecule has 3 heterocycles. The van der Waals surface area contributed by atoms with E-state index in [1.54, 1.807) is 0 Å². The van der Waals surface area contributed by atoms with Crippen LogP contribution >= 0.6 is 0 Å². The summed E-state index contributed by atoms with van der Waals surface area (Å²) in [6.45, 7) is 4.64. The van der Waals surface area contributed by atoms with Crippen LogP contribution in [0.15, 0.2) is 24.0 Å². The summed E-state index contributed by atoms with van der Waals surface area (Å²) >= 11 is 0. The van der Waals surface area contributed by atoms with E-state index >= 15 is 0 Å². The van der Waals surface area contributed by atoms with Crippen LogP contribution in [0.2, 0.25) is 0 Å². The molecule has 3 aliphatic heterocycles. The van der Waals surface area contributed by atoms with E-state index in [9.17, 15) is 30.0 Å². The number of esters is 1. The van der Waals surface area contributed by atoms with E-state index in [-0.39, 0.29) is 13.2 Å². The molecular weight excluding hydrogens is 498 g/mol. The molecule has 1 saturated heterocycles. The summed E-state index contributed by atoms with van der Waals surface area (Å²) in [6, 6.07) is 3.86. The first-order chi connectivity index (χ1) is 17.9. The van der Waals surface area contributed by atoms with Crippen LogP contribution in [0.25, 0.3) is 0 Å². The summed E-state index contributed by atoms with van der Waals surface area (Å²) in [5.41, 5.74) is -2.72. The van der Waals surface area contributed by atoms with Gasteiger partial charge in [-0.2, -0.15) is 0 Å². The van der Waals surface area contributed by atoms with E-state index in [4.69, 9.17) is 18.9 Å². The van der Waals surface area contributed by atoms with Crippen LogP contribution in [0, 0.1) is 0 Å². The zero-order valence-corrected chi connectivity index (χ0v) is 21.8. The maximum Gasteiger partial charge on any atom is 0.342 e. The Hall–Kier alpha value is -2.86. The van der Waals surface area contributed by atoms with Crippen molar-refractivity contribution in [1.82, 2.24) is 4.90 Å². The van der Waals surface area contributed by atoms with E-state index in [1.807, 2.05) is 18.2 Å². The maximum atomic E-state index is 13.6. The van der Waals surface area contributed by atoms with Gasteiger partial charge in [0.1, 0.15) is 5.76 Å². The number of hydrogen-bond donors (Lipinski definition) is 4. The number of benzene rings is 1. The number of ether oxygens (including phenoxy) is 4. The third-order valence-electron chi connectivity index (χ3n) is 8.36. The van der Waals surface area contributed by atoms with Crippen molar-refractivity contribution >= 4 is 11.9 Å². The van der Waals surface area contributed by atoms with Crippen LogP contribution in [-0.2, 0) is 25.5 Å². The van der Waals surface area contributed by atoms with Gasteiger partial charge in [0.05, 0.1) is 24.2 Å². The molecule has 1 fully saturated rings. The lowest BCUT2D eigenvalue weighted by atomic mass is 9.77. The molecule has 4 aliphatic rings. The highest BCUT2D eigenvalue weighted by Gasteiger charge is 2.59. The quantitative estimate of drug-likeness (QED) is 0.355. The van der Waals surface area contributed by atoms with Crippen LogP contribution in [0.4, 0.5) is 0 Å². The van der Waals surface area contributed by atoms with Gasteiger partial charge >= 0.3 is 11.9 Å². The Balaban J connectivity index is 1.56. The molecule has 38 heavy (non-hydrogen) atoms. The van der Waals surface area contributed by atoms with Gasteiger partial charge in [0.25, 0.3) is 0 Å². The number of carbonyl (C=O) groups is 2. The second-order valence-corrected chi connectivity index (χ2v) is 11.3. The van der Waals surface area contributed by atoms with E-state index in [2.05, 4.69) is 4.90 Å². The molecule has 0 radical (unpaired) electrons. The van der Waals surface area contributed by atoms with Crippen molar-refractivity contribution in [1.29, 1.82) is 0 Å². The van der Waals surface area contributed by atoms with Gasteiger partial charge in [-0.05, 0) is 81.8 Å². The Kier molecular flexibility index (Phi) is 6.62. The number of aliphatic carboxylic acids is 1. The Morgan fingerprint density at radius 1 is 1.18 bits per heavy atom. The van der Waals surface area contributed by atoms with Crippen molar-refractivity contribution in [3.63, 3.8) is 0 Å². The molecule has 1 aliphatic carbocycles. The highest BCUT2D eigenvalue weighted by atomic mass is 16.7. The summed E-state index contributed by atoms with van der Waals surface area (Å²) in [4.78, 5) is 27.6. The van der Waals surface area contributed by atoms with Crippen LogP contribution in [0.1, 0.15) is 56.6 Å². The lowest BCUT2D eigenvalue weighted by Gasteiger charge is -2.40. The van der Waals surface area contributed by atoms with Gasteiger partial charge in [-0.3, -0.25) is 4.90 Å². The minimum absolute atomic E-state index is 0.113. The van der Waals surface area contributed by atoms with E-state index in [0.29, 0.717) is 17.3 Å². The molecule has 0 saturated carbocycles. The number of nitrogens with zero attached hydrogens (tertiary/aromatic N) is 1. The monoisotopic (exact) mass is 533 g/mol. The molecule has 11 heteroatoms. The van der Waals surface area contributed by atoms with Crippen LogP contribution in [0.5, 0.6) is 11.5 Å². The fourth-order valence-corrected chi connectivity index (χ4v) is 6.36. The molecular formula is C27H35NO10. The zero-order valence-electron chi connectivity index (χ0n) is 21.8. The minimum Gasteiger partial charge on any atom is -0.497 e. The lowest BCUT2D eigenvalue weighted by molar-refractivity contribution is -0.195. The zero-order chi connectivity index (χ0) is 27.5. The van der Waals surface area contributed by atoms with Crippen molar-refractivity contribution in [3.8, 4) is 11.5 Å². The number of aliphatic hydroxyl groups is 3. The largest absolute Gasteiger partial charge is 0.497 e. The summed E-state index contributed by atoms with van der Waals surface area (Å²) < 4.78 is 22.9. The SMILES string of the molecule is COC1=CC23CCCN2CCc2cc4c(cc2C3C1OC(=O)C(O)(CCC(C)(C)O)C(O)C(=O)O)OCO4. The summed E-state index contributed by atoms with van der Waals surface area (Å²) in [7, 11) is 1.47. The third kappa shape index (κ3) is 4.31. The molecule has 1 aromatic carbocycles. The van der Waals surface area contributed by atoms with Gasteiger partial charge in [-0.25, -0.2) is 9.59 Å². The maximum absolute atomic E-state index is 13.6. The standard InChI is InChI=1S/C27H35NO10/c1-25(2,33)7-8-27(34,22(29)23(30)31)24(32)38-21-19(35-3)13-26-6-4-9-28(26)10-5-15-11-17-18(37-14-36-17)12-16(15)20(21)26/h11-13,20-22,29,33-34H,4-10,14H2,1-3H3,(H,30,31). The first kappa shape index (κ1) is 26.7. The second-order valence-electron chi connectivity index (χ2n) is 11.3. The van der Waals surface area contributed by atoms with Gasteiger partial charge < -0.3 is 39.4 Å². The number of carboxylic acid groups (broad SMARTS) is 1. The molecule has 1 spiro atoms. The van der Waals surface area contributed by atoms with E-state index < -0.39 is 53.2 Å². The first-order valence-electron chi connectivity index (χ1n) is 12.9. The van der Waals surface area contributed by atoms with Crippen molar-refractivity contribution < 1.29 is 49.0 Å². The summed E-state index contributed by atoms with van der Waals surface area (Å²) in [5, 5.41) is 41.3. The lowest BCUT2D eigenvalue weighted by Crippen LogP contribution is -2.56. The molecule has 5 atom stereocenters. The average Bonchev–Trinajstić information content (AvgIpc) is 3.55. The Morgan fingerprint density at radius 2 is 1.89 bits per heavy atom. The van der Waals surface area contributed by atoms with Crippen LogP contribution < -0.4 is 9.47 Å². The van der Waals surface area contributed by atoms with Crippen LogP contribution in [0.3, 0.4) is 0 Å². The van der Waals surface area contributed by atoms with Crippen LogP contribution in [-0.4, -0.2) is 93.2 Å². The number of carbonyl (C=O) groups excluding carboxylic acids is 1. The van der Waals surface area contributed by atoms with Crippen molar-refractivity contribution in [3.05, 3.63) is 35.1 Å². The molecule has 0 bridgehead atoms. The van der Waals surface area contributed by atoms with Gasteiger partial charge in [0, 0.05) is 6.54 Å². The smallest absolute Gasteiger partial charge is 0.342 e. The topological polar surface area (TPSA) is 155 Å². The van der Waals surface area contributed by atoms with Gasteiger partial charge in [0.2, 0.25) is 6.79 Å². The number of carboxylic acids is 1. The fourth-order valence-electron chi connectivity index (χ4n) is 6.36. The predicted octanol–water partition coefficient (Wildman–Crippen LogP) is 1.07. The number of hydrogen-bond acceptors (Lipinski definition) is 10.